The predicted octanol–water partition coefficient (Wildman–Crippen LogP) is 9.05. The number of hydrogen-bond donors (Lipinski definition) is 0. The second-order valence-corrected chi connectivity index (χ2v) is 10.5. The molecule has 0 aliphatic carbocycles. The van der Waals surface area contributed by atoms with Gasteiger partial charge in [0.25, 0.3) is 0 Å². The highest BCUT2D eigenvalue weighted by atomic mass is 15.2. The Morgan fingerprint density at radius 2 is 1.68 bits per heavy atom. The Morgan fingerprint density at radius 1 is 0.900 bits per heavy atom. The molecule has 0 spiro atoms. The summed E-state index contributed by atoms with van der Waals surface area (Å²) in [5.41, 5.74) is 11.6. The highest BCUT2D eigenvalue weighted by molar-refractivity contribution is 5.88. The van der Waals surface area contributed by atoms with Crippen molar-refractivity contribution in [3.8, 4) is 28.1 Å². The van der Waals surface area contributed by atoms with Crippen LogP contribution in [0.25, 0.3) is 44.5 Å². The molecular weight excluding hydrogens is 486 g/mol. The van der Waals surface area contributed by atoms with Gasteiger partial charge in [-0.2, -0.15) is 0 Å². The standard InChI is InChI=1S/C37H35N3/c1-5-7-14-27(6-2)34-24-30(25-35(38-34)28-15-9-8-10-16-28)29-17-13-18-31(23-29)40-36-20-12-11-19-32(36)33-21-22-39(4)26(3)37(33)40/h5-20,23-26H,2,21-22H2,1,3-4H3/b7-5-,27-14+. The van der Waals surface area contributed by atoms with Gasteiger partial charge in [-0.3, -0.25) is 4.90 Å². The smallest absolute Gasteiger partial charge is 0.0715 e. The summed E-state index contributed by atoms with van der Waals surface area (Å²) in [5, 5.41) is 1.37. The van der Waals surface area contributed by atoms with E-state index in [2.05, 4.69) is 121 Å². The Morgan fingerprint density at radius 3 is 2.48 bits per heavy atom. The molecule has 0 saturated heterocycles. The van der Waals surface area contributed by atoms with E-state index in [4.69, 9.17) is 4.98 Å². The van der Waals surface area contributed by atoms with Crippen molar-refractivity contribution in [2.45, 2.75) is 26.3 Å². The van der Waals surface area contributed by atoms with Crippen molar-refractivity contribution < 1.29 is 0 Å². The third-order valence-corrected chi connectivity index (χ3v) is 8.11. The van der Waals surface area contributed by atoms with Gasteiger partial charge < -0.3 is 4.57 Å². The number of hydrogen-bond acceptors (Lipinski definition) is 2. The molecule has 3 aromatic carbocycles. The fourth-order valence-corrected chi connectivity index (χ4v) is 5.88. The monoisotopic (exact) mass is 521 g/mol. The number of nitrogens with zero attached hydrogens (tertiary/aromatic N) is 3. The Kier molecular flexibility index (Phi) is 7.06. The van der Waals surface area contributed by atoms with E-state index < -0.39 is 0 Å². The summed E-state index contributed by atoms with van der Waals surface area (Å²) in [5.74, 6) is 0. The molecule has 0 bridgehead atoms. The van der Waals surface area contributed by atoms with Gasteiger partial charge >= 0.3 is 0 Å². The first-order chi connectivity index (χ1) is 19.6. The Labute approximate surface area is 237 Å². The van der Waals surface area contributed by atoms with Crippen LogP contribution < -0.4 is 0 Å². The third kappa shape index (κ3) is 4.63. The van der Waals surface area contributed by atoms with Gasteiger partial charge in [-0.1, -0.05) is 91.5 Å². The zero-order valence-corrected chi connectivity index (χ0v) is 23.5. The lowest BCUT2D eigenvalue weighted by atomic mass is 9.98. The summed E-state index contributed by atoms with van der Waals surface area (Å²) in [6.45, 7) is 9.50. The van der Waals surface area contributed by atoms with Gasteiger partial charge in [-0.25, -0.2) is 4.98 Å². The molecule has 3 nitrogen and oxygen atoms in total. The van der Waals surface area contributed by atoms with Gasteiger partial charge in [0.1, 0.15) is 0 Å². The normalized spacial score (nSPS) is 16.0. The van der Waals surface area contributed by atoms with Crippen LogP contribution in [-0.4, -0.2) is 28.0 Å². The summed E-state index contributed by atoms with van der Waals surface area (Å²) in [6.07, 6.45) is 9.08. The van der Waals surface area contributed by atoms with Crippen molar-refractivity contribution >= 4 is 16.5 Å². The van der Waals surface area contributed by atoms with Crippen molar-refractivity contribution in [3.63, 3.8) is 0 Å². The maximum Gasteiger partial charge on any atom is 0.0715 e. The minimum Gasteiger partial charge on any atom is -0.312 e. The van der Waals surface area contributed by atoms with Crippen LogP contribution in [-0.2, 0) is 6.42 Å². The summed E-state index contributed by atoms with van der Waals surface area (Å²) in [6, 6.07) is 32.9. The van der Waals surface area contributed by atoms with E-state index in [0.29, 0.717) is 6.04 Å². The fourth-order valence-electron chi connectivity index (χ4n) is 5.88. The zero-order valence-electron chi connectivity index (χ0n) is 23.5. The van der Waals surface area contributed by atoms with Crippen LogP contribution in [0.2, 0.25) is 0 Å². The van der Waals surface area contributed by atoms with Gasteiger partial charge in [0.2, 0.25) is 0 Å². The van der Waals surface area contributed by atoms with Crippen LogP contribution in [0.5, 0.6) is 0 Å². The number of fused-ring (bicyclic) bond motifs is 3. The molecule has 6 rings (SSSR count). The third-order valence-electron chi connectivity index (χ3n) is 8.11. The van der Waals surface area contributed by atoms with Crippen LogP contribution in [0.4, 0.5) is 0 Å². The second-order valence-electron chi connectivity index (χ2n) is 10.5. The molecule has 40 heavy (non-hydrogen) atoms. The van der Waals surface area contributed by atoms with Crippen LogP contribution in [0.15, 0.2) is 122 Å². The molecule has 0 saturated carbocycles. The maximum absolute atomic E-state index is 5.06. The molecule has 3 heterocycles. The van der Waals surface area contributed by atoms with Crippen molar-refractivity contribution in [2.24, 2.45) is 0 Å². The lowest BCUT2D eigenvalue weighted by molar-refractivity contribution is 0.241. The first kappa shape index (κ1) is 25.8. The summed E-state index contributed by atoms with van der Waals surface area (Å²) in [4.78, 5) is 7.51. The van der Waals surface area contributed by atoms with E-state index in [1.807, 2.05) is 31.2 Å². The van der Waals surface area contributed by atoms with Crippen LogP contribution in [0.1, 0.15) is 36.8 Å². The average molecular weight is 522 g/mol. The number of pyridine rings is 1. The SMILES string of the molecule is C=C/C(=C\C=C/C)c1cc(-c2cccc(-n3c4c(c5ccccc53)CCN(C)C4C)c2)cc(-c2ccccc2)n1. The van der Waals surface area contributed by atoms with E-state index in [-0.39, 0.29) is 0 Å². The first-order valence-electron chi connectivity index (χ1n) is 14.1. The molecule has 0 radical (unpaired) electrons. The number of aromatic nitrogens is 2. The molecule has 0 amide bonds. The van der Waals surface area contributed by atoms with Gasteiger partial charge in [0.15, 0.2) is 0 Å². The van der Waals surface area contributed by atoms with E-state index in [0.717, 1.165) is 46.6 Å². The molecule has 2 aromatic heterocycles. The molecule has 1 aliphatic rings. The van der Waals surface area contributed by atoms with Gasteiger partial charge in [0.05, 0.1) is 16.9 Å². The van der Waals surface area contributed by atoms with E-state index in [1.54, 1.807) is 0 Å². The van der Waals surface area contributed by atoms with E-state index in [1.165, 1.54) is 27.8 Å². The topological polar surface area (TPSA) is 21.1 Å². The highest BCUT2D eigenvalue weighted by Gasteiger charge is 2.28. The number of likely N-dealkylation sites (N-methyl/N-ethyl adjacent to an activating group) is 1. The number of rotatable bonds is 6. The number of allylic oxidation sites excluding steroid dienone is 5. The summed E-state index contributed by atoms with van der Waals surface area (Å²) >= 11 is 0. The van der Waals surface area contributed by atoms with Gasteiger partial charge in [0, 0.05) is 34.9 Å². The Hall–Kier alpha value is -4.47. The van der Waals surface area contributed by atoms with Crippen LogP contribution in [0, 0.1) is 0 Å². The molecule has 1 aliphatic heterocycles. The lowest BCUT2D eigenvalue weighted by Crippen LogP contribution is -2.31. The van der Waals surface area contributed by atoms with Crippen molar-refractivity contribution in [1.82, 2.24) is 14.5 Å². The number of para-hydroxylation sites is 1. The molecule has 0 fully saturated rings. The molecule has 1 unspecified atom stereocenters. The largest absolute Gasteiger partial charge is 0.312 e. The first-order valence-corrected chi connectivity index (χ1v) is 14.1. The highest BCUT2D eigenvalue weighted by Crippen LogP contribution is 2.39. The predicted molar refractivity (Wildman–Crippen MR) is 170 cm³/mol. The zero-order chi connectivity index (χ0) is 27.6. The molecule has 3 heteroatoms. The molecular formula is C37H35N3. The summed E-state index contributed by atoms with van der Waals surface area (Å²) in [7, 11) is 2.23. The van der Waals surface area contributed by atoms with Gasteiger partial charge in [-0.05, 0) is 79.9 Å². The quantitative estimate of drug-likeness (QED) is 0.208. The second kappa shape index (κ2) is 11.0. The average Bonchev–Trinajstić information content (AvgIpc) is 3.35. The van der Waals surface area contributed by atoms with Gasteiger partial charge in [-0.15, -0.1) is 0 Å². The van der Waals surface area contributed by atoms with Crippen LogP contribution in [0.3, 0.4) is 0 Å². The molecule has 0 N–H and O–H groups in total. The molecule has 198 valence electrons. The lowest BCUT2D eigenvalue weighted by Gasteiger charge is -2.32. The van der Waals surface area contributed by atoms with Crippen molar-refractivity contribution in [2.75, 3.05) is 13.6 Å². The minimum atomic E-state index is 0.337. The van der Waals surface area contributed by atoms with E-state index in [9.17, 15) is 0 Å². The maximum atomic E-state index is 5.06. The van der Waals surface area contributed by atoms with Crippen molar-refractivity contribution in [1.29, 1.82) is 0 Å². The Balaban J connectivity index is 1.55. The fraction of sp³-hybridized carbons (Fsp3) is 0.162. The molecule has 1 atom stereocenters. The van der Waals surface area contributed by atoms with Crippen molar-refractivity contribution in [3.05, 3.63) is 139 Å². The summed E-state index contributed by atoms with van der Waals surface area (Å²) < 4.78 is 2.48. The Bertz CT molecular complexity index is 1750. The number of benzene rings is 3. The van der Waals surface area contributed by atoms with Crippen LogP contribution >= 0.6 is 0 Å². The molecule has 5 aromatic rings. The minimum absolute atomic E-state index is 0.337. The van der Waals surface area contributed by atoms with E-state index >= 15 is 0 Å².